The number of Topliss-reactive ketones (excluding diaryl/α,β-unsaturated/α-hetero) is 1. The van der Waals surface area contributed by atoms with Crippen LogP contribution in [0.3, 0.4) is 0 Å². The van der Waals surface area contributed by atoms with Gasteiger partial charge in [-0.1, -0.05) is 24.3 Å². The number of nitrogen functional groups attached to an aromatic ring is 1. The second-order valence-electron chi connectivity index (χ2n) is 7.51. The van der Waals surface area contributed by atoms with Crippen molar-refractivity contribution in [3.8, 4) is 22.8 Å². The maximum absolute atomic E-state index is 11.0. The van der Waals surface area contributed by atoms with Gasteiger partial charge in [-0.2, -0.15) is 0 Å². The monoisotopic (exact) mass is 508 g/mol. The molecule has 0 spiro atoms. The van der Waals surface area contributed by atoms with Crippen molar-refractivity contribution < 1.29 is 14.3 Å². The molecule has 2 aromatic carbocycles. The molecule has 5 aromatic rings. The Morgan fingerprint density at radius 3 is 2.20 bits per heavy atom. The predicted molar refractivity (Wildman–Crippen MR) is 144 cm³/mol. The molecule has 0 aliphatic rings. The molecule has 0 radical (unpaired) electrons. The van der Waals surface area contributed by atoms with Crippen molar-refractivity contribution in [1.82, 2.24) is 14.4 Å². The molecule has 0 aliphatic carbocycles. The average Bonchev–Trinajstić information content (AvgIpc) is 3.59. The minimum Gasteiger partial charge on any atom is -0.496 e. The lowest BCUT2D eigenvalue weighted by molar-refractivity contribution is 0.101. The number of carbonyl (C=O) groups excluding carboxylic acids is 1. The summed E-state index contributed by atoms with van der Waals surface area (Å²) < 4.78 is 12.4. The highest BCUT2D eigenvalue weighted by Crippen LogP contribution is 2.27. The summed E-state index contributed by atoms with van der Waals surface area (Å²) in [5.74, 6) is 1.73. The maximum Gasteiger partial charge on any atom is 0.194 e. The number of benzene rings is 2. The van der Waals surface area contributed by atoms with Crippen LogP contribution < -0.4 is 15.2 Å². The number of imidazole rings is 1. The Hall–Kier alpha value is -3.69. The minimum absolute atomic E-state index is 0.0632. The third-order valence-electron chi connectivity index (χ3n) is 5.06. The van der Waals surface area contributed by atoms with Crippen molar-refractivity contribution in [2.45, 2.75) is 20.8 Å². The van der Waals surface area contributed by atoms with E-state index in [0.717, 1.165) is 38.8 Å². The Labute approximate surface area is 212 Å². The van der Waals surface area contributed by atoms with Crippen molar-refractivity contribution in [3.05, 3.63) is 82.4 Å². The highest BCUT2D eigenvalue weighted by molar-refractivity contribution is 7.15. The molecular formula is C26H28N4O3S2. The van der Waals surface area contributed by atoms with Crippen LogP contribution in [0, 0.1) is 13.8 Å². The molecular weight excluding hydrogens is 480 g/mol. The van der Waals surface area contributed by atoms with Crippen LogP contribution in [0.5, 0.6) is 11.5 Å². The van der Waals surface area contributed by atoms with Gasteiger partial charge in [-0.15, -0.1) is 22.7 Å². The lowest BCUT2D eigenvalue weighted by atomic mass is 10.1. The van der Waals surface area contributed by atoms with E-state index in [4.69, 9.17) is 15.2 Å². The molecule has 5 rings (SSSR count). The summed E-state index contributed by atoms with van der Waals surface area (Å²) in [6.45, 7) is 5.53. The number of carbonyl (C=O) groups is 1. The van der Waals surface area contributed by atoms with Crippen molar-refractivity contribution in [3.63, 3.8) is 0 Å². The van der Waals surface area contributed by atoms with Crippen LogP contribution in [0.2, 0.25) is 0 Å². The van der Waals surface area contributed by atoms with E-state index in [1.165, 1.54) is 11.3 Å². The van der Waals surface area contributed by atoms with Crippen LogP contribution in [0.1, 0.15) is 28.4 Å². The first-order valence-corrected chi connectivity index (χ1v) is 12.5. The number of aromatic nitrogens is 3. The van der Waals surface area contributed by atoms with Crippen LogP contribution in [-0.2, 0) is 0 Å². The van der Waals surface area contributed by atoms with Gasteiger partial charge in [-0.05, 0) is 44.0 Å². The highest BCUT2D eigenvalue weighted by Gasteiger charge is 2.07. The summed E-state index contributed by atoms with van der Waals surface area (Å²) in [4.78, 5) is 20.3. The van der Waals surface area contributed by atoms with E-state index >= 15 is 0 Å². The summed E-state index contributed by atoms with van der Waals surface area (Å²) in [7, 11) is 3.30. The third-order valence-corrected chi connectivity index (χ3v) is 6.44. The summed E-state index contributed by atoms with van der Waals surface area (Å²) >= 11 is 3.08. The average molecular weight is 509 g/mol. The molecule has 0 fully saturated rings. The zero-order valence-corrected chi connectivity index (χ0v) is 21.9. The van der Waals surface area contributed by atoms with Gasteiger partial charge < -0.3 is 15.2 Å². The molecule has 0 saturated carbocycles. The van der Waals surface area contributed by atoms with Crippen LogP contribution in [0.25, 0.3) is 16.2 Å². The molecule has 0 bridgehead atoms. The minimum atomic E-state index is 0.0632. The zero-order valence-electron chi connectivity index (χ0n) is 20.3. The van der Waals surface area contributed by atoms with Crippen LogP contribution in [0.4, 0.5) is 5.13 Å². The highest BCUT2D eigenvalue weighted by atomic mass is 32.1. The zero-order chi connectivity index (χ0) is 25.4. The van der Waals surface area contributed by atoms with Gasteiger partial charge in [0.25, 0.3) is 0 Å². The Kier molecular flexibility index (Phi) is 8.99. The molecule has 0 amide bonds. The number of anilines is 1. The van der Waals surface area contributed by atoms with Gasteiger partial charge >= 0.3 is 0 Å². The fourth-order valence-corrected chi connectivity index (χ4v) is 4.20. The lowest BCUT2D eigenvalue weighted by Gasteiger charge is -2.05. The summed E-state index contributed by atoms with van der Waals surface area (Å²) in [5, 5.41) is 4.51. The number of ketones is 1. The van der Waals surface area contributed by atoms with E-state index in [2.05, 4.69) is 22.1 Å². The number of methoxy groups -OCH3 is 2. The van der Waals surface area contributed by atoms with Gasteiger partial charge in [0.05, 0.1) is 19.9 Å². The summed E-state index contributed by atoms with van der Waals surface area (Å²) in [5.41, 5.74) is 10.1. The topological polar surface area (TPSA) is 91.7 Å². The van der Waals surface area contributed by atoms with Crippen LogP contribution >= 0.6 is 22.7 Å². The van der Waals surface area contributed by atoms with Gasteiger partial charge in [-0.25, -0.2) is 9.97 Å². The SMILES string of the molecule is COc1cc(-c2cn3ccsc3n2)ccc1C.COc1cc(C(C)=O)ccc1C.Nc1nccs1. The molecule has 2 N–H and O–H groups in total. The number of nitrogens with zero attached hydrogens (tertiary/aromatic N) is 3. The van der Waals surface area contributed by atoms with Gasteiger partial charge in [-0.3, -0.25) is 9.20 Å². The normalized spacial score (nSPS) is 10.1. The molecule has 0 aliphatic heterocycles. The fraction of sp³-hybridized carbons (Fsp3) is 0.192. The largest absolute Gasteiger partial charge is 0.496 e. The van der Waals surface area contributed by atoms with Crippen molar-refractivity contribution >= 4 is 38.5 Å². The Morgan fingerprint density at radius 1 is 0.971 bits per heavy atom. The second-order valence-corrected chi connectivity index (χ2v) is 9.31. The Balaban J connectivity index is 0.000000165. The smallest absolute Gasteiger partial charge is 0.194 e. The molecule has 0 saturated heterocycles. The number of ether oxygens (including phenoxy) is 2. The fourth-order valence-electron chi connectivity index (χ4n) is 3.12. The van der Waals surface area contributed by atoms with Gasteiger partial charge in [0.15, 0.2) is 15.9 Å². The number of hydrogen-bond acceptors (Lipinski definition) is 8. The molecule has 9 heteroatoms. The lowest BCUT2D eigenvalue weighted by Crippen LogP contribution is -1.94. The van der Waals surface area contributed by atoms with Gasteiger partial charge in [0.1, 0.15) is 11.5 Å². The second kappa shape index (κ2) is 12.1. The van der Waals surface area contributed by atoms with Crippen molar-refractivity contribution in [2.24, 2.45) is 0 Å². The molecule has 0 atom stereocenters. The molecule has 0 unspecified atom stereocenters. The van der Waals surface area contributed by atoms with E-state index in [-0.39, 0.29) is 5.78 Å². The van der Waals surface area contributed by atoms with Crippen molar-refractivity contribution in [2.75, 3.05) is 20.0 Å². The number of hydrogen-bond donors (Lipinski definition) is 1. The first-order chi connectivity index (χ1) is 16.8. The van der Waals surface area contributed by atoms with Crippen LogP contribution in [0.15, 0.2) is 65.7 Å². The molecule has 3 heterocycles. The number of fused-ring (bicyclic) bond motifs is 1. The number of nitrogens with two attached hydrogens (primary N) is 1. The van der Waals surface area contributed by atoms with E-state index in [9.17, 15) is 4.79 Å². The van der Waals surface area contributed by atoms with E-state index in [1.807, 2.05) is 53.5 Å². The standard InChI is InChI=1S/C13H12N2OS.C10H12O2.C3H4N2S/c1-9-3-4-10(7-12(9)16-2)11-8-15-5-6-17-13(15)14-11;1-7-4-5-9(8(2)11)6-10(7)12-3;4-3-5-1-2-6-3/h3-8H,1-2H3;4-6H,1-3H3;1-2H,(H2,4,5). The molecule has 3 aromatic heterocycles. The van der Waals surface area contributed by atoms with Gasteiger partial charge in [0.2, 0.25) is 0 Å². The van der Waals surface area contributed by atoms with Crippen molar-refractivity contribution in [1.29, 1.82) is 0 Å². The van der Waals surface area contributed by atoms with Crippen LogP contribution in [-0.4, -0.2) is 34.4 Å². The van der Waals surface area contributed by atoms with E-state index in [0.29, 0.717) is 10.7 Å². The third kappa shape index (κ3) is 6.91. The van der Waals surface area contributed by atoms with E-state index < -0.39 is 0 Å². The molecule has 182 valence electrons. The Morgan fingerprint density at radius 2 is 1.66 bits per heavy atom. The number of aryl methyl sites for hydroxylation is 2. The summed E-state index contributed by atoms with van der Waals surface area (Å²) in [6.07, 6.45) is 5.73. The Bertz CT molecular complexity index is 1360. The summed E-state index contributed by atoms with van der Waals surface area (Å²) in [6, 6.07) is 11.6. The number of rotatable bonds is 4. The maximum atomic E-state index is 11.0. The first kappa shape index (κ1) is 25.9. The quantitative estimate of drug-likeness (QED) is 0.286. The predicted octanol–water partition coefficient (Wildman–Crippen LogP) is 6.31. The molecule has 35 heavy (non-hydrogen) atoms. The van der Waals surface area contributed by atoms with E-state index in [1.54, 1.807) is 50.8 Å². The molecule has 7 nitrogen and oxygen atoms in total. The number of thiazole rings is 2. The first-order valence-electron chi connectivity index (χ1n) is 10.7. The van der Waals surface area contributed by atoms with Gasteiger partial charge in [0, 0.05) is 40.5 Å².